The van der Waals surface area contributed by atoms with Crippen LogP contribution in [0.5, 0.6) is 5.75 Å². The van der Waals surface area contributed by atoms with E-state index in [4.69, 9.17) is 9.15 Å². The Bertz CT molecular complexity index is 1150. The van der Waals surface area contributed by atoms with Crippen molar-refractivity contribution in [3.05, 3.63) is 64.9 Å². The fourth-order valence-electron chi connectivity index (χ4n) is 3.78. The summed E-state index contributed by atoms with van der Waals surface area (Å²) in [7, 11) is 0. The van der Waals surface area contributed by atoms with Crippen molar-refractivity contribution in [2.75, 3.05) is 11.9 Å². The van der Waals surface area contributed by atoms with Crippen LogP contribution in [-0.2, 0) is 26.0 Å². The van der Waals surface area contributed by atoms with Gasteiger partial charge in [0, 0.05) is 19.3 Å². The molecular weight excluding hydrogens is 420 g/mol. The van der Waals surface area contributed by atoms with Crippen LogP contribution in [0.2, 0.25) is 0 Å². The van der Waals surface area contributed by atoms with E-state index in [9.17, 15) is 9.59 Å². The molecule has 4 rings (SSSR count). The maximum Gasteiger partial charge on any atom is 0.291 e. The van der Waals surface area contributed by atoms with Crippen molar-refractivity contribution in [2.45, 2.75) is 53.2 Å². The Morgan fingerprint density at radius 3 is 2.76 bits per heavy atom. The van der Waals surface area contributed by atoms with E-state index in [1.54, 1.807) is 23.0 Å². The number of rotatable bonds is 9. The number of ether oxygens (including phenoxy) is 1. The van der Waals surface area contributed by atoms with E-state index in [1.807, 2.05) is 26.8 Å². The second-order valence-corrected chi connectivity index (χ2v) is 8.64. The minimum Gasteiger partial charge on any atom is -0.486 e. The van der Waals surface area contributed by atoms with Gasteiger partial charge in [-0.1, -0.05) is 19.9 Å². The molecule has 174 valence electrons. The summed E-state index contributed by atoms with van der Waals surface area (Å²) < 4.78 is 13.1. The number of nitrogens with zero attached hydrogens (tertiary/aromatic N) is 2. The lowest BCUT2D eigenvalue weighted by atomic mass is 10.1. The standard InChI is InChI=1S/C25H30N4O4/c1-4-29-14-21(23(28-29)25(31)26-13-16(2)3)27-24(30)22-11-10-20(33-22)15-32-19-9-8-17-6-5-7-18(17)12-19/h8-12,14,16H,4-7,13,15H2,1-3H3,(H,26,31)(H,27,30). The first-order chi connectivity index (χ1) is 15.9. The molecule has 2 aromatic heterocycles. The largest absolute Gasteiger partial charge is 0.486 e. The van der Waals surface area contributed by atoms with Gasteiger partial charge in [-0.3, -0.25) is 14.3 Å². The molecule has 0 spiro atoms. The normalized spacial score (nSPS) is 12.6. The highest BCUT2D eigenvalue weighted by molar-refractivity contribution is 6.07. The number of furan rings is 1. The number of fused-ring (bicyclic) bond motifs is 1. The summed E-state index contributed by atoms with van der Waals surface area (Å²) in [5.74, 6) is 1.00. The molecule has 0 aliphatic heterocycles. The fourth-order valence-corrected chi connectivity index (χ4v) is 3.78. The molecule has 1 aromatic carbocycles. The molecule has 3 aromatic rings. The minimum absolute atomic E-state index is 0.139. The maximum atomic E-state index is 12.8. The minimum atomic E-state index is -0.452. The van der Waals surface area contributed by atoms with Gasteiger partial charge in [-0.25, -0.2) is 0 Å². The van der Waals surface area contributed by atoms with Crippen LogP contribution < -0.4 is 15.4 Å². The summed E-state index contributed by atoms with van der Waals surface area (Å²) in [4.78, 5) is 25.3. The average molecular weight is 451 g/mol. The molecule has 2 heterocycles. The lowest BCUT2D eigenvalue weighted by Crippen LogP contribution is -2.28. The Kier molecular flexibility index (Phi) is 6.82. The number of anilines is 1. The van der Waals surface area contributed by atoms with E-state index in [0.29, 0.717) is 30.5 Å². The first kappa shape index (κ1) is 22.6. The molecule has 0 saturated carbocycles. The monoisotopic (exact) mass is 450 g/mol. The van der Waals surface area contributed by atoms with Gasteiger partial charge in [0.1, 0.15) is 18.1 Å². The highest BCUT2D eigenvalue weighted by Crippen LogP contribution is 2.26. The summed E-state index contributed by atoms with van der Waals surface area (Å²) in [5, 5.41) is 9.87. The van der Waals surface area contributed by atoms with Crippen LogP contribution in [-0.4, -0.2) is 28.1 Å². The predicted octanol–water partition coefficient (Wildman–Crippen LogP) is 4.20. The van der Waals surface area contributed by atoms with Crippen LogP contribution in [0.25, 0.3) is 0 Å². The number of hydrogen-bond acceptors (Lipinski definition) is 5. The van der Waals surface area contributed by atoms with Gasteiger partial charge in [-0.15, -0.1) is 0 Å². The quantitative estimate of drug-likeness (QED) is 0.509. The van der Waals surface area contributed by atoms with E-state index in [1.165, 1.54) is 17.5 Å². The molecular formula is C25H30N4O4. The van der Waals surface area contributed by atoms with Crippen LogP contribution in [0.3, 0.4) is 0 Å². The van der Waals surface area contributed by atoms with Gasteiger partial charge in [-0.05, 0) is 67.5 Å². The number of aryl methyl sites for hydroxylation is 3. The van der Waals surface area contributed by atoms with E-state index in [0.717, 1.165) is 18.6 Å². The van der Waals surface area contributed by atoms with E-state index < -0.39 is 5.91 Å². The van der Waals surface area contributed by atoms with Crippen LogP contribution >= 0.6 is 0 Å². The molecule has 0 fully saturated rings. The molecule has 0 unspecified atom stereocenters. The molecule has 0 bridgehead atoms. The highest BCUT2D eigenvalue weighted by Gasteiger charge is 2.21. The number of benzene rings is 1. The van der Waals surface area contributed by atoms with Gasteiger partial charge in [0.25, 0.3) is 11.8 Å². The van der Waals surface area contributed by atoms with Crippen molar-refractivity contribution in [1.82, 2.24) is 15.1 Å². The third kappa shape index (κ3) is 5.45. The second kappa shape index (κ2) is 9.94. The number of amides is 2. The van der Waals surface area contributed by atoms with Crippen molar-refractivity contribution in [2.24, 2.45) is 5.92 Å². The van der Waals surface area contributed by atoms with Crippen LogP contribution in [0, 0.1) is 5.92 Å². The first-order valence-corrected chi connectivity index (χ1v) is 11.4. The Balaban J connectivity index is 1.39. The summed E-state index contributed by atoms with van der Waals surface area (Å²) >= 11 is 0. The number of aromatic nitrogens is 2. The van der Waals surface area contributed by atoms with Crippen LogP contribution in [0.15, 0.2) is 40.9 Å². The van der Waals surface area contributed by atoms with Crippen molar-refractivity contribution >= 4 is 17.5 Å². The number of carbonyl (C=O) groups is 2. The Morgan fingerprint density at radius 2 is 1.97 bits per heavy atom. The Labute approximate surface area is 193 Å². The summed E-state index contributed by atoms with van der Waals surface area (Å²) in [6, 6.07) is 9.48. The van der Waals surface area contributed by atoms with Gasteiger partial charge in [0.15, 0.2) is 11.5 Å². The molecule has 2 N–H and O–H groups in total. The smallest absolute Gasteiger partial charge is 0.291 e. The SMILES string of the molecule is CCn1cc(NC(=O)c2ccc(COc3ccc4c(c3)CCC4)o2)c(C(=O)NCC(C)C)n1. The van der Waals surface area contributed by atoms with Gasteiger partial charge in [-0.2, -0.15) is 5.10 Å². The molecule has 0 saturated heterocycles. The topological polar surface area (TPSA) is 98.4 Å². The fraction of sp³-hybridized carbons (Fsp3) is 0.400. The molecule has 8 nitrogen and oxygen atoms in total. The number of hydrogen-bond donors (Lipinski definition) is 2. The van der Waals surface area contributed by atoms with Crippen molar-refractivity contribution in [1.29, 1.82) is 0 Å². The van der Waals surface area contributed by atoms with Gasteiger partial charge in [0.05, 0.1) is 5.69 Å². The first-order valence-electron chi connectivity index (χ1n) is 11.4. The molecule has 0 atom stereocenters. The predicted molar refractivity (Wildman–Crippen MR) is 125 cm³/mol. The zero-order valence-corrected chi connectivity index (χ0v) is 19.3. The van der Waals surface area contributed by atoms with E-state index in [-0.39, 0.29) is 24.0 Å². The zero-order valence-electron chi connectivity index (χ0n) is 19.3. The van der Waals surface area contributed by atoms with Crippen molar-refractivity contribution in [3.63, 3.8) is 0 Å². The lowest BCUT2D eigenvalue weighted by Gasteiger charge is -2.08. The van der Waals surface area contributed by atoms with Crippen LogP contribution in [0.4, 0.5) is 5.69 Å². The average Bonchev–Trinajstić information content (AvgIpc) is 3.54. The summed E-state index contributed by atoms with van der Waals surface area (Å²) in [6.07, 6.45) is 5.05. The Morgan fingerprint density at radius 1 is 1.15 bits per heavy atom. The molecule has 8 heteroatoms. The van der Waals surface area contributed by atoms with E-state index in [2.05, 4.69) is 27.9 Å². The third-order valence-electron chi connectivity index (χ3n) is 5.56. The molecule has 1 aliphatic rings. The lowest BCUT2D eigenvalue weighted by molar-refractivity contribution is 0.0944. The third-order valence-corrected chi connectivity index (χ3v) is 5.56. The summed E-state index contributed by atoms with van der Waals surface area (Å²) in [5.41, 5.74) is 3.25. The molecule has 33 heavy (non-hydrogen) atoms. The van der Waals surface area contributed by atoms with Gasteiger partial charge in [0.2, 0.25) is 0 Å². The van der Waals surface area contributed by atoms with E-state index >= 15 is 0 Å². The Hall–Kier alpha value is -3.55. The number of carbonyl (C=O) groups excluding carboxylic acids is 2. The second-order valence-electron chi connectivity index (χ2n) is 8.64. The summed E-state index contributed by atoms with van der Waals surface area (Å²) in [6.45, 7) is 7.26. The maximum absolute atomic E-state index is 12.8. The van der Waals surface area contributed by atoms with Crippen molar-refractivity contribution in [3.8, 4) is 5.75 Å². The molecule has 2 amide bonds. The van der Waals surface area contributed by atoms with Gasteiger partial charge >= 0.3 is 0 Å². The number of nitrogens with one attached hydrogen (secondary N) is 2. The molecule has 0 radical (unpaired) electrons. The van der Waals surface area contributed by atoms with Crippen LogP contribution in [0.1, 0.15) is 65.1 Å². The zero-order chi connectivity index (χ0) is 23.4. The molecule has 1 aliphatic carbocycles. The highest BCUT2D eigenvalue weighted by atomic mass is 16.5. The van der Waals surface area contributed by atoms with Gasteiger partial charge < -0.3 is 19.8 Å². The van der Waals surface area contributed by atoms with Crippen molar-refractivity contribution < 1.29 is 18.7 Å².